The Labute approximate surface area is 144 Å². The van der Waals surface area contributed by atoms with E-state index in [2.05, 4.69) is 26.5 Å². The summed E-state index contributed by atoms with van der Waals surface area (Å²) in [6.45, 7) is 1.93. The molecule has 0 saturated carbocycles. The highest BCUT2D eigenvalue weighted by Crippen LogP contribution is 2.22. The normalized spacial score (nSPS) is 10.6. The van der Waals surface area contributed by atoms with Crippen molar-refractivity contribution >= 4 is 17.3 Å². The molecule has 25 heavy (non-hydrogen) atoms. The lowest BCUT2D eigenvalue weighted by atomic mass is 10.1. The number of nitrogens with one attached hydrogen (secondary N) is 1. The molecule has 0 bridgehead atoms. The molecule has 1 aromatic carbocycles. The topological polar surface area (TPSA) is 78.9 Å². The summed E-state index contributed by atoms with van der Waals surface area (Å²) >= 11 is 0. The Morgan fingerprint density at radius 3 is 2.80 bits per heavy atom. The van der Waals surface area contributed by atoms with Gasteiger partial charge in [0, 0.05) is 23.1 Å². The number of hydrogen-bond donors (Lipinski definition) is 1. The summed E-state index contributed by atoms with van der Waals surface area (Å²) in [4.78, 5) is 8.70. The number of anilines is 2. The molecule has 6 heteroatoms. The van der Waals surface area contributed by atoms with Crippen LogP contribution in [-0.2, 0) is 0 Å². The van der Waals surface area contributed by atoms with E-state index in [0.29, 0.717) is 11.5 Å². The first-order valence-corrected chi connectivity index (χ1v) is 7.79. The molecule has 0 amide bonds. The van der Waals surface area contributed by atoms with Crippen molar-refractivity contribution in [3.8, 4) is 17.3 Å². The first-order valence-electron chi connectivity index (χ1n) is 7.79. The molecule has 0 atom stereocenters. The van der Waals surface area contributed by atoms with Crippen molar-refractivity contribution < 1.29 is 0 Å². The van der Waals surface area contributed by atoms with Gasteiger partial charge in [-0.25, -0.2) is 4.52 Å². The van der Waals surface area contributed by atoms with Crippen molar-refractivity contribution in [2.75, 3.05) is 5.32 Å². The fourth-order valence-electron chi connectivity index (χ4n) is 2.68. The molecule has 0 radical (unpaired) electrons. The van der Waals surface area contributed by atoms with Gasteiger partial charge in [-0.3, -0.25) is 4.98 Å². The molecule has 4 aromatic rings. The molecular formula is C19H14N6. The summed E-state index contributed by atoms with van der Waals surface area (Å²) in [5.41, 5.74) is 4.94. The van der Waals surface area contributed by atoms with E-state index in [-0.39, 0.29) is 0 Å². The Bertz CT molecular complexity index is 1110. The number of fused-ring (bicyclic) bond motifs is 1. The number of rotatable bonds is 3. The van der Waals surface area contributed by atoms with Crippen LogP contribution in [0.25, 0.3) is 16.9 Å². The van der Waals surface area contributed by atoms with Gasteiger partial charge < -0.3 is 5.32 Å². The second-order valence-electron chi connectivity index (χ2n) is 5.62. The minimum Gasteiger partial charge on any atom is -0.323 e. The van der Waals surface area contributed by atoms with Crippen LogP contribution >= 0.6 is 0 Å². The van der Waals surface area contributed by atoms with Gasteiger partial charge in [0.15, 0.2) is 5.65 Å². The van der Waals surface area contributed by atoms with Crippen LogP contribution in [0.3, 0.4) is 0 Å². The Hall–Kier alpha value is -3.72. The molecule has 6 nitrogen and oxygen atoms in total. The van der Waals surface area contributed by atoms with E-state index in [1.807, 2.05) is 55.5 Å². The first kappa shape index (κ1) is 14.8. The van der Waals surface area contributed by atoms with E-state index < -0.39 is 0 Å². The Balaban J connectivity index is 1.77. The van der Waals surface area contributed by atoms with Gasteiger partial charge in [-0.2, -0.15) is 10.2 Å². The maximum atomic E-state index is 9.11. The molecule has 0 fully saturated rings. The highest BCUT2D eigenvalue weighted by molar-refractivity contribution is 5.66. The van der Waals surface area contributed by atoms with Gasteiger partial charge in [-0.05, 0) is 43.3 Å². The number of aryl methyl sites for hydroxylation is 1. The summed E-state index contributed by atoms with van der Waals surface area (Å²) in [6.07, 6.45) is 1.74. The molecule has 120 valence electrons. The summed E-state index contributed by atoms with van der Waals surface area (Å²) in [7, 11) is 0. The number of benzene rings is 1. The van der Waals surface area contributed by atoms with Crippen LogP contribution in [-0.4, -0.2) is 19.6 Å². The van der Waals surface area contributed by atoms with Crippen molar-refractivity contribution in [1.29, 1.82) is 5.26 Å². The van der Waals surface area contributed by atoms with Crippen molar-refractivity contribution in [2.24, 2.45) is 0 Å². The lowest BCUT2D eigenvalue weighted by Gasteiger charge is -2.04. The zero-order valence-corrected chi connectivity index (χ0v) is 13.5. The third-order valence-corrected chi connectivity index (χ3v) is 3.80. The number of nitriles is 1. The van der Waals surface area contributed by atoms with Crippen LogP contribution in [0.4, 0.5) is 11.6 Å². The molecule has 0 saturated heterocycles. The fraction of sp³-hybridized carbons (Fsp3) is 0.0526. The second-order valence-corrected chi connectivity index (χ2v) is 5.62. The molecular weight excluding hydrogens is 312 g/mol. The summed E-state index contributed by atoms with van der Waals surface area (Å²) < 4.78 is 1.77. The van der Waals surface area contributed by atoms with E-state index in [1.165, 1.54) is 0 Å². The molecule has 3 aromatic heterocycles. The van der Waals surface area contributed by atoms with Gasteiger partial charge in [0.05, 0.1) is 17.3 Å². The molecule has 0 spiro atoms. The van der Waals surface area contributed by atoms with Crippen molar-refractivity contribution in [2.45, 2.75) is 6.92 Å². The van der Waals surface area contributed by atoms with E-state index in [4.69, 9.17) is 5.26 Å². The summed E-state index contributed by atoms with van der Waals surface area (Å²) in [6, 6.07) is 19.2. The van der Waals surface area contributed by atoms with Gasteiger partial charge in [-0.15, -0.1) is 5.10 Å². The van der Waals surface area contributed by atoms with Gasteiger partial charge >= 0.3 is 0 Å². The van der Waals surface area contributed by atoms with Crippen LogP contribution in [0.1, 0.15) is 11.3 Å². The minimum atomic E-state index is 0.509. The van der Waals surface area contributed by atoms with Crippen LogP contribution in [0.15, 0.2) is 60.8 Å². The predicted molar refractivity (Wildman–Crippen MR) is 95.4 cm³/mol. The Morgan fingerprint density at radius 1 is 1.08 bits per heavy atom. The van der Waals surface area contributed by atoms with Crippen LogP contribution in [0, 0.1) is 18.3 Å². The Morgan fingerprint density at radius 2 is 1.96 bits per heavy atom. The first-order chi connectivity index (χ1) is 12.2. The second kappa shape index (κ2) is 6.06. The highest BCUT2D eigenvalue weighted by atomic mass is 15.4. The smallest absolute Gasteiger partial charge is 0.247 e. The Kier molecular flexibility index (Phi) is 3.60. The number of nitrogens with zero attached hydrogens (tertiary/aromatic N) is 5. The average molecular weight is 326 g/mol. The molecule has 3 heterocycles. The molecule has 0 aliphatic rings. The third-order valence-electron chi connectivity index (χ3n) is 3.80. The zero-order chi connectivity index (χ0) is 17.2. The highest BCUT2D eigenvalue weighted by Gasteiger charge is 2.09. The molecule has 4 rings (SSSR count). The van der Waals surface area contributed by atoms with Crippen LogP contribution in [0.5, 0.6) is 0 Å². The lowest BCUT2D eigenvalue weighted by molar-refractivity contribution is 0.973. The summed E-state index contributed by atoms with van der Waals surface area (Å²) in [5.74, 6) is 0.509. The largest absolute Gasteiger partial charge is 0.323 e. The SMILES string of the molecule is Cc1cc(Nc2nc3cccc(-c4cccc(C#N)c4)n3n2)ccn1. The van der Waals surface area contributed by atoms with E-state index in [9.17, 15) is 0 Å². The van der Waals surface area contributed by atoms with Crippen molar-refractivity contribution in [1.82, 2.24) is 19.6 Å². The van der Waals surface area contributed by atoms with Gasteiger partial charge in [0.2, 0.25) is 5.95 Å². The average Bonchev–Trinajstić information content (AvgIpc) is 3.04. The summed E-state index contributed by atoms with van der Waals surface area (Å²) in [5, 5.41) is 16.9. The van der Waals surface area contributed by atoms with E-state index in [0.717, 1.165) is 28.3 Å². The molecule has 1 N–H and O–H groups in total. The maximum Gasteiger partial charge on any atom is 0.247 e. The number of pyridine rings is 2. The van der Waals surface area contributed by atoms with Crippen LogP contribution < -0.4 is 5.32 Å². The maximum absolute atomic E-state index is 9.11. The zero-order valence-electron chi connectivity index (χ0n) is 13.5. The quantitative estimate of drug-likeness (QED) is 0.621. The molecule has 0 aliphatic carbocycles. The molecule has 0 unspecified atom stereocenters. The minimum absolute atomic E-state index is 0.509. The van der Waals surface area contributed by atoms with E-state index >= 15 is 0 Å². The van der Waals surface area contributed by atoms with Crippen molar-refractivity contribution in [3.63, 3.8) is 0 Å². The lowest BCUT2D eigenvalue weighted by Crippen LogP contribution is -1.96. The van der Waals surface area contributed by atoms with Gasteiger partial charge in [0.1, 0.15) is 0 Å². The fourth-order valence-corrected chi connectivity index (χ4v) is 2.68. The monoisotopic (exact) mass is 326 g/mol. The predicted octanol–water partition coefficient (Wildman–Crippen LogP) is 3.72. The van der Waals surface area contributed by atoms with Gasteiger partial charge in [-0.1, -0.05) is 18.2 Å². The van der Waals surface area contributed by atoms with Crippen LogP contribution in [0.2, 0.25) is 0 Å². The standard InChI is InChI=1S/C19H14N6/c1-13-10-16(8-9-21-13)22-19-23-18-7-3-6-17(25(18)24-19)15-5-2-4-14(11-15)12-20/h2-11H,1H3,(H,21,22,24). The van der Waals surface area contributed by atoms with Gasteiger partial charge in [0.25, 0.3) is 0 Å². The number of hydrogen-bond acceptors (Lipinski definition) is 5. The number of aromatic nitrogens is 4. The third kappa shape index (κ3) is 2.91. The van der Waals surface area contributed by atoms with E-state index in [1.54, 1.807) is 16.8 Å². The molecule has 0 aliphatic heterocycles. The van der Waals surface area contributed by atoms with Crippen molar-refractivity contribution in [3.05, 3.63) is 72.1 Å².